The molecule has 0 aliphatic carbocycles. The standard InChI is InChI=1S/C16H20BBrF3NO2/c1-14(2)15(3,4)24-17(23-14)11(9-22)7-10-5-6-13(18)12(8-10)16(19,20)21/h5-8H,9,22H2,1-4H3. The van der Waals surface area contributed by atoms with Crippen LogP contribution in [0.4, 0.5) is 13.2 Å². The van der Waals surface area contributed by atoms with Crippen molar-refractivity contribution in [1.29, 1.82) is 0 Å². The van der Waals surface area contributed by atoms with Gasteiger partial charge in [0.15, 0.2) is 0 Å². The first-order valence-electron chi connectivity index (χ1n) is 7.50. The fraction of sp³-hybridized carbons (Fsp3) is 0.500. The van der Waals surface area contributed by atoms with Crippen LogP contribution in [0.1, 0.15) is 38.8 Å². The normalized spacial score (nSPS) is 20.5. The number of alkyl halides is 3. The Bertz CT molecular complexity index is 643. The second kappa shape index (κ2) is 6.48. The minimum Gasteiger partial charge on any atom is -0.400 e. The lowest BCUT2D eigenvalue weighted by Crippen LogP contribution is -2.41. The van der Waals surface area contributed by atoms with E-state index < -0.39 is 30.1 Å². The minimum absolute atomic E-state index is 0.00270. The zero-order chi connectivity index (χ0) is 18.3. The van der Waals surface area contributed by atoms with Gasteiger partial charge in [0.05, 0.1) is 16.8 Å². The Hall–Kier alpha value is -0.825. The average molecular weight is 406 g/mol. The molecule has 0 bridgehead atoms. The highest BCUT2D eigenvalue weighted by atomic mass is 79.9. The summed E-state index contributed by atoms with van der Waals surface area (Å²) in [5, 5.41) is 0. The van der Waals surface area contributed by atoms with Crippen molar-refractivity contribution in [2.45, 2.75) is 45.1 Å². The maximum atomic E-state index is 13.0. The highest BCUT2D eigenvalue weighted by molar-refractivity contribution is 9.10. The number of nitrogens with two attached hydrogens (primary N) is 1. The van der Waals surface area contributed by atoms with E-state index in [-0.39, 0.29) is 11.0 Å². The Morgan fingerprint density at radius 1 is 1.21 bits per heavy atom. The molecule has 1 saturated heterocycles. The molecule has 0 radical (unpaired) electrons. The van der Waals surface area contributed by atoms with Crippen LogP contribution in [0.5, 0.6) is 0 Å². The highest BCUT2D eigenvalue weighted by Gasteiger charge is 2.52. The summed E-state index contributed by atoms with van der Waals surface area (Å²) in [4.78, 5) is 0. The van der Waals surface area contributed by atoms with Gasteiger partial charge in [0.1, 0.15) is 0 Å². The first-order valence-corrected chi connectivity index (χ1v) is 8.29. The van der Waals surface area contributed by atoms with Gasteiger partial charge in [-0.1, -0.05) is 28.1 Å². The number of benzene rings is 1. The molecular weight excluding hydrogens is 386 g/mol. The molecule has 8 heteroatoms. The number of rotatable bonds is 3. The lowest BCUT2D eigenvalue weighted by atomic mass is 9.77. The fourth-order valence-corrected chi connectivity index (χ4v) is 2.75. The zero-order valence-electron chi connectivity index (χ0n) is 14.0. The van der Waals surface area contributed by atoms with E-state index in [9.17, 15) is 13.2 Å². The number of hydrogen-bond donors (Lipinski definition) is 1. The van der Waals surface area contributed by atoms with Crippen LogP contribution in [-0.4, -0.2) is 24.9 Å². The highest BCUT2D eigenvalue weighted by Crippen LogP contribution is 2.39. The van der Waals surface area contributed by atoms with E-state index in [1.165, 1.54) is 6.07 Å². The predicted octanol–water partition coefficient (Wildman–Crippen LogP) is 4.44. The average Bonchev–Trinajstić information content (AvgIpc) is 2.65. The Morgan fingerprint density at radius 3 is 2.21 bits per heavy atom. The monoisotopic (exact) mass is 405 g/mol. The smallest absolute Gasteiger partial charge is 0.400 e. The van der Waals surface area contributed by atoms with Crippen LogP contribution in [0.15, 0.2) is 28.1 Å². The van der Waals surface area contributed by atoms with E-state index in [4.69, 9.17) is 15.0 Å². The lowest BCUT2D eigenvalue weighted by molar-refractivity contribution is -0.138. The third kappa shape index (κ3) is 3.87. The molecule has 0 amide bonds. The summed E-state index contributed by atoms with van der Waals surface area (Å²) < 4.78 is 50.9. The van der Waals surface area contributed by atoms with Gasteiger partial charge < -0.3 is 15.0 Å². The molecule has 0 spiro atoms. The van der Waals surface area contributed by atoms with Crippen LogP contribution in [0, 0.1) is 0 Å². The first kappa shape index (κ1) is 19.5. The molecule has 1 aliphatic heterocycles. The molecule has 1 heterocycles. The van der Waals surface area contributed by atoms with Crippen LogP contribution in [0.2, 0.25) is 0 Å². The van der Waals surface area contributed by atoms with Gasteiger partial charge in [0.2, 0.25) is 0 Å². The van der Waals surface area contributed by atoms with E-state index in [0.29, 0.717) is 11.0 Å². The Balaban J connectivity index is 2.36. The Kier molecular flexibility index (Phi) is 5.26. The molecule has 1 aliphatic rings. The molecule has 1 aromatic rings. The van der Waals surface area contributed by atoms with Crippen LogP contribution in [0.3, 0.4) is 0 Å². The van der Waals surface area contributed by atoms with Gasteiger partial charge >= 0.3 is 13.3 Å². The molecule has 0 atom stereocenters. The maximum Gasteiger partial charge on any atom is 0.491 e. The van der Waals surface area contributed by atoms with Gasteiger partial charge in [0.25, 0.3) is 0 Å². The van der Waals surface area contributed by atoms with Crippen molar-refractivity contribution < 1.29 is 22.5 Å². The summed E-state index contributed by atoms with van der Waals surface area (Å²) >= 11 is 2.93. The molecule has 2 N–H and O–H groups in total. The summed E-state index contributed by atoms with van der Waals surface area (Å²) in [5.41, 5.74) is 4.94. The van der Waals surface area contributed by atoms with Crippen molar-refractivity contribution in [1.82, 2.24) is 0 Å². The Labute approximate surface area is 148 Å². The van der Waals surface area contributed by atoms with Crippen molar-refractivity contribution in [3.8, 4) is 0 Å². The quantitative estimate of drug-likeness (QED) is 0.756. The first-order chi connectivity index (χ1) is 10.9. The molecule has 3 nitrogen and oxygen atoms in total. The van der Waals surface area contributed by atoms with Crippen LogP contribution < -0.4 is 5.73 Å². The van der Waals surface area contributed by atoms with Crippen molar-refractivity contribution in [3.63, 3.8) is 0 Å². The van der Waals surface area contributed by atoms with Crippen molar-refractivity contribution in [2.75, 3.05) is 6.54 Å². The topological polar surface area (TPSA) is 44.5 Å². The lowest BCUT2D eigenvalue weighted by Gasteiger charge is -2.32. The second-order valence-corrected chi connectivity index (χ2v) is 7.60. The summed E-state index contributed by atoms with van der Waals surface area (Å²) in [6.07, 6.45) is -2.85. The molecular formula is C16H20BBrF3NO2. The van der Waals surface area contributed by atoms with E-state index >= 15 is 0 Å². The van der Waals surface area contributed by atoms with Gasteiger partial charge in [-0.05, 0) is 50.9 Å². The summed E-state index contributed by atoms with van der Waals surface area (Å²) in [6, 6.07) is 4.03. The third-order valence-corrected chi connectivity index (χ3v) is 5.13. The van der Waals surface area contributed by atoms with Crippen LogP contribution >= 0.6 is 15.9 Å². The van der Waals surface area contributed by atoms with Gasteiger partial charge in [-0.25, -0.2) is 0 Å². The number of halogens is 4. The molecule has 2 rings (SSSR count). The van der Waals surface area contributed by atoms with Crippen molar-refractivity contribution >= 4 is 29.1 Å². The SMILES string of the molecule is CC1(C)OB(C(=Cc2ccc(Br)c(C(F)(F)F)c2)CN)OC1(C)C. The maximum absolute atomic E-state index is 13.0. The summed E-state index contributed by atoms with van der Waals surface area (Å²) in [7, 11) is -0.682. The van der Waals surface area contributed by atoms with Gasteiger partial charge in [-0.15, -0.1) is 0 Å². The predicted molar refractivity (Wildman–Crippen MR) is 92.3 cm³/mol. The van der Waals surface area contributed by atoms with E-state index in [0.717, 1.165) is 6.07 Å². The van der Waals surface area contributed by atoms with Crippen molar-refractivity contribution in [2.24, 2.45) is 5.73 Å². The molecule has 0 saturated carbocycles. The van der Waals surface area contributed by atoms with E-state index in [2.05, 4.69) is 15.9 Å². The summed E-state index contributed by atoms with van der Waals surface area (Å²) in [6.45, 7) is 7.74. The molecule has 132 valence electrons. The van der Waals surface area contributed by atoms with Gasteiger partial charge in [-0.2, -0.15) is 13.2 Å². The summed E-state index contributed by atoms with van der Waals surface area (Å²) in [5.74, 6) is 0. The molecule has 0 unspecified atom stereocenters. The van der Waals surface area contributed by atoms with E-state index in [1.54, 1.807) is 12.1 Å². The largest absolute Gasteiger partial charge is 0.491 e. The molecule has 0 aromatic heterocycles. The molecule has 1 fully saturated rings. The number of hydrogen-bond acceptors (Lipinski definition) is 3. The van der Waals surface area contributed by atoms with Crippen LogP contribution in [0.25, 0.3) is 6.08 Å². The fourth-order valence-electron chi connectivity index (χ4n) is 2.28. The molecule has 1 aromatic carbocycles. The third-order valence-electron chi connectivity index (χ3n) is 4.44. The van der Waals surface area contributed by atoms with Crippen molar-refractivity contribution in [3.05, 3.63) is 39.3 Å². The second-order valence-electron chi connectivity index (χ2n) is 6.75. The van der Waals surface area contributed by atoms with E-state index in [1.807, 2.05) is 27.7 Å². The minimum atomic E-state index is -4.43. The molecule has 24 heavy (non-hydrogen) atoms. The van der Waals surface area contributed by atoms with Gasteiger partial charge in [-0.3, -0.25) is 0 Å². The van der Waals surface area contributed by atoms with Gasteiger partial charge in [0, 0.05) is 11.0 Å². The van der Waals surface area contributed by atoms with Crippen LogP contribution in [-0.2, 0) is 15.5 Å². The Morgan fingerprint density at radius 2 is 1.75 bits per heavy atom. The zero-order valence-corrected chi connectivity index (χ0v) is 15.6.